The summed E-state index contributed by atoms with van der Waals surface area (Å²) < 4.78 is 22.0. The summed E-state index contributed by atoms with van der Waals surface area (Å²) in [6.07, 6.45) is 2.93. The van der Waals surface area contributed by atoms with Gasteiger partial charge in [0.05, 0.1) is 5.75 Å². The molecule has 16 heavy (non-hydrogen) atoms. The van der Waals surface area contributed by atoms with E-state index in [1.807, 2.05) is 19.2 Å². The van der Waals surface area contributed by atoms with Crippen molar-refractivity contribution in [3.05, 3.63) is 23.9 Å². The van der Waals surface area contributed by atoms with Crippen LogP contribution in [-0.4, -0.2) is 39.0 Å². The van der Waals surface area contributed by atoms with Crippen LogP contribution in [0.25, 0.3) is 0 Å². The molecule has 1 aromatic heterocycles. The van der Waals surface area contributed by atoms with Gasteiger partial charge >= 0.3 is 0 Å². The number of rotatable bonds is 5. The van der Waals surface area contributed by atoms with Crippen molar-refractivity contribution in [2.45, 2.75) is 6.54 Å². The van der Waals surface area contributed by atoms with Crippen LogP contribution in [0.1, 0.15) is 5.56 Å². The molecule has 0 unspecified atom stereocenters. The molecule has 2 N–H and O–H groups in total. The second-order valence-electron chi connectivity index (χ2n) is 3.78. The van der Waals surface area contributed by atoms with Crippen molar-refractivity contribution in [3.8, 4) is 0 Å². The fourth-order valence-electron chi connectivity index (χ4n) is 1.18. The highest BCUT2D eigenvalue weighted by Crippen LogP contribution is 2.09. The summed E-state index contributed by atoms with van der Waals surface area (Å²) in [5, 5.41) is 0. The van der Waals surface area contributed by atoms with E-state index in [0.717, 1.165) is 11.4 Å². The summed E-state index contributed by atoms with van der Waals surface area (Å²) in [6, 6.07) is 3.73. The maximum atomic E-state index is 11.0. The Kier molecular flexibility index (Phi) is 4.26. The van der Waals surface area contributed by atoms with E-state index in [9.17, 15) is 8.42 Å². The van der Waals surface area contributed by atoms with Gasteiger partial charge in [0.2, 0.25) is 0 Å². The van der Waals surface area contributed by atoms with Crippen molar-refractivity contribution >= 4 is 15.7 Å². The van der Waals surface area contributed by atoms with Crippen LogP contribution in [0.15, 0.2) is 18.3 Å². The van der Waals surface area contributed by atoms with Crippen molar-refractivity contribution in [3.63, 3.8) is 0 Å². The van der Waals surface area contributed by atoms with Crippen LogP contribution in [0.3, 0.4) is 0 Å². The number of hydrogen-bond donors (Lipinski definition) is 1. The Balaban J connectivity index is 2.62. The molecule has 1 aromatic rings. The summed E-state index contributed by atoms with van der Waals surface area (Å²) >= 11 is 0. The van der Waals surface area contributed by atoms with Crippen LogP contribution in [0.4, 0.5) is 5.82 Å². The maximum Gasteiger partial charge on any atom is 0.149 e. The van der Waals surface area contributed by atoms with Gasteiger partial charge in [-0.05, 0) is 11.6 Å². The summed E-state index contributed by atoms with van der Waals surface area (Å²) in [7, 11) is -1.11. The molecule has 0 aromatic carbocycles. The molecule has 0 atom stereocenters. The molecule has 5 nitrogen and oxygen atoms in total. The second kappa shape index (κ2) is 5.27. The van der Waals surface area contributed by atoms with Gasteiger partial charge in [0.1, 0.15) is 15.7 Å². The Labute approximate surface area is 96.2 Å². The van der Waals surface area contributed by atoms with E-state index in [-0.39, 0.29) is 5.75 Å². The van der Waals surface area contributed by atoms with Crippen LogP contribution in [0.5, 0.6) is 0 Å². The zero-order chi connectivity index (χ0) is 12.2. The second-order valence-corrected chi connectivity index (χ2v) is 6.04. The normalized spacial score (nSPS) is 11.4. The number of sulfone groups is 1. The molecule has 0 saturated carbocycles. The van der Waals surface area contributed by atoms with Crippen molar-refractivity contribution < 1.29 is 8.42 Å². The SMILES string of the molecule is CN(CCS(C)(=O)=O)c1ccc(CN)cn1. The molecule has 0 bridgehead atoms. The van der Waals surface area contributed by atoms with Crippen LogP contribution < -0.4 is 10.6 Å². The zero-order valence-corrected chi connectivity index (χ0v) is 10.4. The molecule has 0 aliphatic carbocycles. The average Bonchev–Trinajstić information content (AvgIpc) is 2.25. The molecule has 1 heterocycles. The predicted octanol–water partition coefficient (Wildman–Crippen LogP) is 0.0211. The van der Waals surface area contributed by atoms with Gasteiger partial charge in [-0.2, -0.15) is 0 Å². The first-order valence-electron chi connectivity index (χ1n) is 4.96. The average molecular weight is 243 g/mol. The monoisotopic (exact) mass is 243 g/mol. The lowest BCUT2D eigenvalue weighted by molar-refractivity contribution is 0.601. The zero-order valence-electron chi connectivity index (χ0n) is 9.55. The number of anilines is 1. The molecule has 0 aliphatic rings. The largest absolute Gasteiger partial charge is 0.359 e. The lowest BCUT2D eigenvalue weighted by Crippen LogP contribution is -2.25. The van der Waals surface area contributed by atoms with E-state index in [1.54, 1.807) is 11.1 Å². The summed E-state index contributed by atoms with van der Waals surface area (Å²) in [5.74, 6) is 0.880. The van der Waals surface area contributed by atoms with Gasteiger partial charge in [-0.15, -0.1) is 0 Å². The van der Waals surface area contributed by atoms with E-state index in [4.69, 9.17) is 5.73 Å². The van der Waals surface area contributed by atoms with Crippen LogP contribution in [0.2, 0.25) is 0 Å². The molecular weight excluding hydrogens is 226 g/mol. The lowest BCUT2D eigenvalue weighted by atomic mass is 10.3. The van der Waals surface area contributed by atoms with E-state index in [0.29, 0.717) is 13.1 Å². The van der Waals surface area contributed by atoms with E-state index < -0.39 is 9.84 Å². The van der Waals surface area contributed by atoms with E-state index >= 15 is 0 Å². The minimum Gasteiger partial charge on any atom is -0.359 e. The van der Waals surface area contributed by atoms with Crippen molar-refractivity contribution in [2.75, 3.05) is 30.5 Å². The fraction of sp³-hybridized carbons (Fsp3) is 0.500. The highest BCUT2D eigenvalue weighted by molar-refractivity contribution is 7.90. The molecule has 0 aliphatic heterocycles. The Bertz CT molecular complexity index is 428. The molecule has 0 saturated heterocycles. The summed E-state index contributed by atoms with van der Waals surface area (Å²) in [6.45, 7) is 0.897. The first-order chi connectivity index (χ1) is 7.42. The van der Waals surface area contributed by atoms with E-state index in [2.05, 4.69) is 4.98 Å². The van der Waals surface area contributed by atoms with Crippen LogP contribution in [-0.2, 0) is 16.4 Å². The van der Waals surface area contributed by atoms with Gasteiger partial charge in [-0.3, -0.25) is 0 Å². The number of nitrogens with two attached hydrogens (primary N) is 1. The fourth-order valence-corrected chi connectivity index (χ4v) is 1.79. The van der Waals surface area contributed by atoms with Crippen LogP contribution in [0, 0.1) is 0 Å². The molecule has 90 valence electrons. The van der Waals surface area contributed by atoms with Crippen molar-refractivity contribution in [1.82, 2.24) is 4.98 Å². The topological polar surface area (TPSA) is 76.3 Å². The molecular formula is C10H17N3O2S. The quantitative estimate of drug-likeness (QED) is 0.789. The standard InChI is InChI=1S/C10H17N3O2S/c1-13(5-6-16(2,14)15)10-4-3-9(7-11)8-12-10/h3-4,8H,5-7,11H2,1-2H3. The predicted molar refractivity (Wildman–Crippen MR) is 65.1 cm³/mol. The Morgan fingerprint density at radius 1 is 1.44 bits per heavy atom. The highest BCUT2D eigenvalue weighted by Gasteiger charge is 2.07. The third kappa shape index (κ3) is 4.16. The molecule has 1 rings (SSSR count). The smallest absolute Gasteiger partial charge is 0.149 e. The van der Waals surface area contributed by atoms with Crippen LogP contribution >= 0.6 is 0 Å². The van der Waals surface area contributed by atoms with Gasteiger partial charge in [0, 0.05) is 32.6 Å². The Morgan fingerprint density at radius 3 is 2.56 bits per heavy atom. The van der Waals surface area contributed by atoms with E-state index in [1.165, 1.54) is 6.26 Å². The van der Waals surface area contributed by atoms with Gasteiger partial charge in [0.25, 0.3) is 0 Å². The maximum absolute atomic E-state index is 11.0. The van der Waals surface area contributed by atoms with Gasteiger partial charge in [0.15, 0.2) is 0 Å². The Morgan fingerprint density at radius 2 is 2.12 bits per heavy atom. The summed E-state index contributed by atoms with van der Waals surface area (Å²) in [5.41, 5.74) is 6.42. The van der Waals surface area contributed by atoms with Gasteiger partial charge in [-0.1, -0.05) is 6.07 Å². The minimum absolute atomic E-state index is 0.129. The number of nitrogens with zero attached hydrogens (tertiary/aromatic N) is 2. The van der Waals surface area contributed by atoms with Gasteiger partial charge in [-0.25, -0.2) is 13.4 Å². The Hall–Kier alpha value is -1.14. The molecule has 6 heteroatoms. The third-order valence-corrected chi connectivity index (χ3v) is 3.16. The number of pyridine rings is 1. The minimum atomic E-state index is -2.93. The van der Waals surface area contributed by atoms with Gasteiger partial charge < -0.3 is 10.6 Å². The molecule has 0 fully saturated rings. The molecule has 0 radical (unpaired) electrons. The molecule has 0 spiro atoms. The highest BCUT2D eigenvalue weighted by atomic mass is 32.2. The van der Waals surface area contributed by atoms with Crippen molar-refractivity contribution in [2.24, 2.45) is 5.73 Å². The number of hydrogen-bond acceptors (Lipinski definition) is 5. The van der Waals surface area contributed by atoms with Crippen molar-refractivity contribution in [1.29, 1.82) is 0 Å². The first kappa shape index (κ1) is 12.9. The first-order valence-corrected chi connectivity index (χ1v) is 7.02. The lowest BCUT2D eigenvalue weighted by Gasteiger charge is -2.17. The number of aromatic nitrogens is 1. The molecule has 0 amide bonds. The summed E-state index contributed by atoms with van der Waals surface area (Å²) in [4.78, 5) is 6.01. The third-order valence-electron chi connectivity index (χ3n) is 2.23.